The maximum absolute atomic E-state index is 14.2. The molecule has 2 saturated carbocycles. The number of hydrazine groups is 1. The van der Waals surface area contributed by atoms with E-state index in [2.05, 4.69) is 22.8 Å². The zero-order valence-corrected chi connectivity index (χ0v) is 23.1. The Morgan fingerprint density at radius 1 is 1.00 bits per heavy atom. The first-order valence-electron chi connectivity index (χ1n) is 14.7. The number of rotatable bonds is 6. The molecule has 228 valence electrons. The summed E-state index contributed by atoms with van der Waals surface area (Å²) in [5.41, 5.74) is 5.17. The molecule has 0 aromatic carbocycles. The van der Waals surface area contributed by atoms with E-state index in [4.69, 9.17) is 0 Å². The van der Waals surface area contributed by atoms with Gasteiger partial charge in [-0.05, 0) is 68.7 Å². The van der Waals surface area contributed by atoms with Crippen LogP contribution < -0.4 is 16.5 Å². The average Bonchev–Trinajstić information content (AvgIpc) is 3.60. The van der Waals surface area contributed by atoms with Crippen molar-refractivity contribution in [2.75, 3.05) is 26.8 Å². The van der Waals surface area contributed by atoms with Crippen molar-refractivity contribution in [2.45, 2.75) is 82.5 Å². The van der Waals surface area contributed by atoms with Gasteiger partial charge in [0.15, 0.2) is 0 Å². The SMILES string of the molecule is CN1CNNC1[C@H](C1CCC1)C1CCCC(n2cc3c(C(F)(F)F)cc(CN4CC[C@@H](C(F)(F)F)C4)cn3c2=O)C1. The molecule has 2 aliphatic heterocycles. The summed E-state index contributed by atoms with van der Waals surface area (Å²) in [6.07, 6.45) is 0.698. The van der Waals surface area contributed by atoms with Gasteiger partial charge in [-0.2, -0.15) is 26.3 Å². The Kier molecular flexibility index (Phi) is 7.69. The van der Waals surface area contributed by atoms with E-state index in [0.717, 1.165) is 42.8 Å². The summed E-state index contributed by atoms with van der Waals surface area (Å²) in [7, 11) is 2.08. The minimum absolute atomic E-state index is 0.0757. The van der Waals surface area contributed by atoms with Crippen LogP contribution in [0.15, 0.2) is 23.3 Å². The molecule has 41 heavy (non-hydrogen) atoms. The molecule has 2 N–H and O–H groups in total. The summed E-state index contributed by atoms with van der Waals surface area (Å²) < 4.78 is 84.7. The number of alkyl halides is 6. The van der Waals surface area contributed by atoms with Gasteiger partial charge in [-0.1, -0.05) is 25.7 Å². The third kappa shape index (κ3) is 5.66. The first-order valence-corrected chi connectivity index (χ1v) is 14.7. The Labute approximate surface area is 234 Å². The predicted octanol–water partition coefficient (Wildman–Crippen LogP) is 4.97. The van der Waals surface area contributed by atoms with E-state index in [9.17, 15) is 31.1 Å². The van der Waals surface area contributed by atoms with E-state index in [-0.39, 0.29) is 49.3 Å². The Morgan fingerprint density at radius 2 is 1.73 bits per heavy atom. The number of likely N-dealkylation sites (tertiary alicyclic amines) is 1. The molecule has 2 saturated heterocycles. The number of fused-ring (bicyclic) bond motifs is 1. The molecule has 0 spiro atoms. The highest BCUT2D eigenvalue weighted by atomic mass is 19.4. The van der Waals surface area contributed by atoms with Crippen molar-refractivity contribution < 1.29 is 26.3 Å². The molecular formula is C28H38F6N6O. The van der Waals surface area contributed by atoms with E-state index in [1.54, 1.807) is 0 Å². The van der Waals surface area contributed by atoms with Gasteiger partial charge in [0.1, 0.15) is 0 Å². The Balaban J connectivity index is 1.29. The lowest BCUT2D eigenvalue weighted by Crippen LogP contribution is -2.50. The van der Waals surface area contributed by atoms with Crippen LogP contribution >= 0.6 is 0 Å². The number of aromatic nitrogens is 2. The fourth-order valence-electron chi connectivity index (χ4n) is 7.74. The van der Waals surface area contributed by atoms with Crippen molar-refractivity contribution in [1.82, 2.24) is 29.6 Å². The van der Waals surface area contributed by atoms with Gasteiger partial charge in [0.25, 0.3) is 0 Å². The van der Waals surface area contributed by atoms with Crippen LogP contribution in [0.5, 0.6) is 0 Å². The molecule has 4 aliphatic rings. The zero-order valence-electron chi connectivity index (χ0n) is 23.1. The number of nitrogens with zero attached hydrogens (tertiary/aromatic N) is 4. The number of nitrogens with one attached hydrogen (secondary N) is 2. The zero-order chi connectivity index (χ0) is 29.1. The van der Waals surface area contributed by atoms with Gasteiger partial charge in [-0.15, -0.1) is 0 Å². The molecule has 0 amide bonds. The predicted molar refractivity (Wildman–Crippen MR) is 141 cm³/mol. The van der Waals surface area contributed by atoms with E-state index in [1.165, 1.54) is 41.1 Å². The molecule has 2 aromatic rings. The second-order valence-electron chi connectivity index (χ2n) is 12.6. The van der Waals surface area contributed by atoms with Crippen LogP contribution in [0.4, 0.5) is 26.3 Å². The minimum Gasteiger partial charge on any atom is -0.298 e. The van der Waals surface area contributed by atoms with E-state index in [1.807, 2.05) is 0 Å². The maximum atomic E-state index is 14.2. The molecule has 7 nitrogen and oxygen atoms in total. The van der Waals surface area contributed by atoms with E-state index in [0.29, 0.717) is 17.8 Å². The van der Waals surface area contributed by atoms with Crippen LogP contribution in [0.2, 0.25) is 0 Å². The van der Waals surface area contributed by atoms with Crippen LogP contribution in [-0.4, -0.2) is 57.9 Å². The Bertz CT molecular complexity index is 1300. The van der Waals surface area contributed by atoms with Crippen LogP contribution in [0.1, 0.15) is 68.5 Å². The minimum atomic E-state index is -4.71. The van der Waals surface area contributed by atoms with Crippen LogP contribution in [0.3, 0.4) is 0 Å². The third-order valence-electron chi connectivity index (χ3n) is 10.0. The fraction of sp³-hybridized carbons (Fsp3) is 0.750. The molecule has 2 aliphatic carbocycles. The molecule has 3 unspecified atom stereocenters. The third-order valence-corrected chi connectivity index (χ3v) is 10.0. The van der Waals surface area contributed by atoms with Gasteiger partial charge < -0.3 is 0 Å². The molecule has 13 heteroatoms. The van der Waals surface area contributed by atoms with Crippen LogP contribution in [0.25, 0.3) is 5.52 Å². The van der Waals surface area contributed by atoms with Crippen LogP contribution in [0, 0.1) is 23.7 Å². The molecule has 4 heterocycles. The molecule has 0 bridgehead atoms. The summed E-state index contributed by atoms with van der Waals surface area (Å²) in [6, 6.07) is 0.782. The number of hydrogen-bond donors (Lipinski definition) is 2. The highest BCUT2D eigenvalue weighted by Gasteiger charge is 2.45. The van der Waals surface area contributed by atoms with Gasteiger partial charge >= 0.3 is 18.0 Å². The summed E-state index contributed by atoms with van der Waals surface area (Å²) in [4.78, 5) is 17.4. The smallest absolute Gasteiger partial charge is 0.298 e. The lowest BCUT2D eigenvalue weighted by molar-refractivity contribution is -0.170. The van der Waals surface area contributed by atoms with Gasteiger partial charge in [-0.25, -0.2) is 15.6 Å². The standard InChI is InChI=1S/C28H38F6N6O/c1-37-16-35-36-25(37)24(18-4-2-5-18)19-6-3-7-21(11-19)39-15-23-22(28(32,33)34)10-17(13-40(23)26(39)41)12-38-9-8-20(14-38)27(29,30)31/h10,13,15,18-21,24-25,35-36H,2-9,11-12,14,16H2,1H3/t19?,20-,21?,24-,25?/m1/s1. The molecule has 4 fully saturated rings. The second kappa shape index (κ2) is 10.9. The highest BCUT2D eigenvalue weighted by Crippen LogP contribution is 2.47. The Hall–Kier alpha value is -2.09. The molecule has 5 atom stereocenters. The largest absolute Gasteiger partial charge is 0.418 e. The number of hydrogen-bond acceptors (Lipinski definition) is 5. The van der Waals surface area contributed by atoms with Gasteiger partial charge in [-0.3, -0.25) is 18.8 Å². The fourth-order valence-corrected chi connectivity index (χ4v) is 7.74. The first kappa shape index (κ1) is 29.0. The number of pyridine rings is 1. The highest BCUT2D eigenvalue weighted by molar-refractivity contribution is 5.56. The second-order valence-corrected chi connectivity index (χ2v) is 12.6. The first-order chi connectivity index (χ1) is 19.4. The topological polar surface area (TPSA) is 56.9 Å². The monoisotopic (exact) mass is 588 g/mol. The van der Waals surface area contributed by atoms with Gasteiger partial charge in [0.05, 0.1) is 29.8 Å². The Morgan fingerprint density at radius 3 is 2.34 bits per heavy atom. The lowest BCUT2D eigenvalue weighted by atomic mass is 9.65. The van der Waals surface area contributed by atoms with Crippen molar-refractivity contribution >= 4 is 5.52 Å². The number of imidazole rings is 1. The molecule has 6 rings (SSSR count). The van der Waals surface area contributed by atoms with Crippen molar-refractivity contribution in [2.24, 2.45) is 23.7 Å². The maximum Gasteiger partial charge on any atom is 0.418 e. The summed E-state index contributed by atoms with van der Waals surface area (Å²) in [5, 5.41) is 0. The summed E-state index contributed by atoms with van der Waals surface area (Å²) in [6.45, 7) is 0.551. The van der Waals surface area contributed by atoms with Crippen molar-refractivity contribution in [3.05, 3.63) is 40.1 Å². The van der Waals surface area contributed by atoms with E-state index < -0.39 is 29.5 Å². The average molecular weight is 589 g/mol. The van der Waals surface area contributed by atoms with Crippen LogP contribution in [-0.2, 0) is 12.7 Å². The summed E-state index contributed by atoms with van der Waals surface area (Å²) >= 11 is 0. The lowest BCUT2D eigenvalue weighted by Gasteiger charge is -2.46. The van der Waals surface area contributed by atoms with Crippen molar-refractivity contribution in [3.63, 3.8) is 0 Å². The molecule has 0 radical (unpaired) electrons. The molecular weight excluding hydrogens is 550 g/mol. The molecule has 2 aromatic heterocycles. The van der Waals surface area contributed by atoms with Gasteiger partial charge in [0.2, 0.25) is 0 Å². The van der Waals surface area contributed by atoms with Gasteiger partial charge in [0, 0.05) is 31.5 Å². The number of halogens is 6. The normalized spacial score (nSPS) is 29.8. The summed E-state index contributed by atoms with van der Waals surface area (Å²) in [5.74, 6) is -0.179. The van der Waals surface area contributed by atoms with E-state index >= 15 is 0 Å². The van der Waals surface area contributed by atoms with Crippen molar-refractivity contribution in [3.8, 4) is 0 Å². The quantitative estimate of drug-likeness (QED) is 0.467. The van der Waals surface area contributed by atoms with Crippen molar-refractivity contribution in [1.29, 1.82) is 0 Å².